The molecule has 1 aromatic rings. The monoisotopic (exact) mass is 291 g/mol. The summed E-state index contributed by atoms with van der Waals surface area (Å²) in [6, 6.07) is 10.0. The molecule has 1 saturated heterocycles. The van der Waals surface area contributed by atoms with Crippen LogP contribution in [0.4, 0.5) is 0 Å². The Bertz CT molecular complexity index is 452. The molecule has 1 unspecified atom stereocenters. The molecule has 0 aromatic heterocycles. The second-order valence-corrected chi connectivity index (χ2v) is 5.66. The maximum Gasteiger partial charge on any atom is 0.242 e. The van der Waals surface area contributed by atoms with E-state index in [2.05, 4.69) is 36.1 Å². The van der Waals surface area contributed by atoms with E-state index in [4.69, 9.17) is 10.5 Å². The average molecular weight is 291 g/mol. The van der Waals surface area contributed by atoms with Gasteiger partial charge in [-0.15, -0.1) is 0 Å². The average Bonchev–Trinajstić information content (AvgIpc) is 2.48. The molecule has 5 nitrogen and oxygen atoms in total. The Morgan fingerprint density at radius 3 is 2.71 bits per heavy atom. The molecule has 21 heavy (non-hydrogen) atoms. The molecule has 2 N–H and O–H groups in total. The van der Waals surface area contributed by atoms with Crippen LogP contribution in [0.3, 0.4) is 0 Å². The van der Waals surface area contributed by atoms with Crippen molar-refractivity contribution in [1.29, 1.82) is 0 Å². The Balaban J connectivity index is 1.88. The Hall–Kier alpha value is -1.43. The van der Waals surface area contributed by atoms with Gasteiger partial charge in [-0.1, -0.05) is 30.3 Å². The summed E-state index contributed by atoms with van der Waals surface area (Å²) in [4.78, 5) is 16.5. The lowest BCUT2D eigenvalue weighted by Crippen LogP contribution is -2.58. The number of amides is 1. The summed E-state index contributed by atoms with van der Waals surface area (Å²) < 4.78 is 4.97. The van der Waals surface area contributed by atoms with Crippen LogP contribution in [0.25, 0.3) is 0 Å². The number of hydrogen-bond acceptors (Lipinski definition) is 4. The minimum absolute atomic E-state index is 0.0105. The molecule has 1 amide bonds. The quantitative estimate of drug-likeness (QED) is 0.867. The fraction of sp³-hybridized carbons (Fsp3) is 0.562. The summed E-state index contributed by atoms with van der Waals surface area (Å²) in [5.74, 6) is -0.0105. The van der Waals surface area contributed by atoms with Crippen LogP contribution in [0.5, 0.6) is 0 Å². The molecule has 0 spiro atoms. The number of nitrogens with zero attached hydrogens (tertiary/aromatic N) is 2. The summed E-state index contributed by atoms with van der Waals surface area (Å²) in [7, 11) is 1.56. The van der Waals surface area contributed by atoms with Crippen LogP contribution in [0, 0.1) is 0 Å². The number of ether oxygens (including phenoxy) is 1. The number of methoxy groups -OCH3 is 1. The lowest BCUT2D eigenvalue weighted by Gasteiger charge is -2.40. The summed E-state index contributed by atoms with van der Waals surface area (Å²) in [6.07, 6.45) is 0. The van der Waals surface area contributed by atoms with Crippen LogP contribution in [-0.4, -0.2) is 61.1 Å². The minimum atomic E-state index is -0.557. The molecule has 0 aliphatic carbocycles. The van der Waals surface area contributed by atoms with Crippen molar-refractivity contribution in [3.8, 4) is 0 Å². The fourth-order valence-corrected chi connectivity index (χ4v) is 2.81. The van der Waals surface area contributed by atoms with Gasteiger partial charge in [0.25, 0.3) is 0 Å². The Kier molecular flexibility index (Phi) is 5.73. The SMILES string of the molecule is COCC(N)C(=O)N1CCN(Cc2ccccc2)C[C@H]1C. The zero-order valence-electron chi connectivity index (χ0n) is 12.9. The van der Waals surface area contributed by atoms with E-state index in [1.807, 2.05) is 11.0 Å². The fourth-order valence-electron chi connectivity index (χ4n) is 2.81. The van der Waals surface area contributed by atoms with Crippen LogP contribution in [0.15, 0.2) is 30.3 Å². The Morgan fingerprint density at radius 2 is 2.10 bits per heavy atom. The van der Waals surface area contributed by atoms with Gasteiger partial charge in [0, 0.05) is 39.3 Å². The lowest BCUT2D eigenvalue weighted by atomic mass is 10.1. The zero-order valence-corrected chi connectivity index (χ0v) is 12.9. The van der Waals surface area contributed by atoms with Crippen LogP contribution in [-0.2, 0) is 16.1 Å². The number of rotatable bonds is 5. The normalized spacial score (nSPS) is 21.3. The first-order valence-corrected chi connectivity index (χ1v) is 7.43. The standard InChI is InChI=1S/C16H25N3O2/c1-13-10-18(11-14-6-4-3-5-7-14)8-9-19(13)16(20)15(17)12-21-2/h3-7,13,15H,8-12,17H2,1-2H3/t13-,15?/m1/s1. The molecule has 1 aromatic carbocycles. The molecule has 2 atom stereocenters. The van der Waals surface area contributed by atoms with Gasteiger partial charge in [0.05, 0.1) is 6.61 Å². The number of hydrogen-bond donors (Lipinski definition) is 1. The maximum atomic E-state index is 12.3. The molecular weight excluding hydrogens is 266 g/mol. The Labute approximate surface area is 126 Å². The number of nitrogens with two attached hydrogens (primary N) is 1. The van der Waals surface area contributed by atoms with Gasteiger partial charge in [0.1, 0.15) is 6.04 Å². The van der Waals surface area contributed by atoms with Crippen LogP contribution in [0.2, 0.25) is 0 Å². The Morgan fingerprint density at radius 1 is 1.38 bits per heavy atom. The molecule has 1 heterocycles. The lowest BCUT2D eigenvalue weighted by molar-refractivity contribution is -0.138. The van der Waals surface area contributed by atoms with Gasteiger partial charge >= 0.3 is 0 Å². The van der Waals surface area contributed by atoms with E-state index in [9.17, 15) is 4.79 Å². The number of piperazine rings is 1. The van der Waals surface area contributed by atoms with Crippen LogP contribution >= 0.6 is 0 Å². The van der Waals surface area contributed by atoms with Crippen molar-refractivity contribution < 1.29 is 9.53 Å². The number of carbonyl (C=O) groups is 1. The third-order valence-electron chi connectivity index (χ3n) is 3.91. The first kappa shape index (κ1) is 15.9. The molecule has 1 aliphatic heterocycles. The highest BCUT2D eigenvalue weighted by Crippen LogP contribution is 2.14. The highest BCUT2D eigenvalue weighted by atomic mass is 16.5. The van der Waals surface area contributed by atoms with Gasteiger partial charge in [-0.2, -0.15) is 0 Å². The zero-order chi connectivity index (χ0) is 15.2. The minimum Gasteiger partial charge on any atom is -0.383 e. The van der Waals surface area contributed by atoms with Crippen molar-refractivity contribution in [2.45, 2.75) is 25.6 Å². The second kappa shape index (κ2) is 7.54. The van der Waals surface area contributed by atoms with E-state index in [0.717, 1.165) is 26.2 Å². The van der Waals surface area contributed by atoms with Gasteiger partial charge in [0.15, 0.2) is 0 Å². The maximum absolute atomic E-state index is 12.3. The van der Waals surface area contributed by atoms with Crippen molar-refractivity contribution in [3.05, 3.63) is 35.9 Å². The van der Waals surface area contributed by atoms with E-state index in [1.165, 1.54) is 5.56 Å². The van der Waals surface area contributed by atoms with E-state index in [0.29, 0.717) is 0 Å². The van der Waals surface area contributed by atoms with Gasteiger partial charge in [0.2, 0.25) is 5.91 Å². The third-order valence-corrected chi connectivity index (χ3v) is 3.91. The predicted molar refractivity (Wildman–Crippen MR) is 82.7 cm³/mol. The molecular formula is C16H25N3O2. The highest BCUT2D eigenvalue weighted by molar-refractivity contribution is 5.82. The molecule has 116 valence electrons. The summed E-state index contributed by atoms with van der Waals surface area (Å²) in [6.45, 7) is 5.76. The van der Waals surface area contributed by atoms with Gasteiger partial charge in [-0.25, -0.2) is 0 Å². The number of carbonyl (C=O) groups excluding carboxylic acids is 1. The van der Waals surface area contributed by atoms with Crippen LogP contribution < -0.4 is 5.73 Å². The topological polar surface area (TPSA) is 58.8 Å². The van der Waals surface area contributed by atoms with Crippen molar-refractivity contribution in [3.63, 3.8) is 0 Å². The van der Waals surface area contributed by atoms with Gasteiger partial charge in [-0.3, -0.25) is 9.69 Å². The summed E-state index contributed by atoms with van der Waals surface area (Å²) in [5, 5.41) is 0. The largest absolute Gasteiger partial charge is 0.383 e. The van der Waals surface area contributed by atoms with Crippen molar-refractivity contribution in [1.82, 2.24) is 9.80 Å². The van der Waals surface area contributed by atoms with Crippen molar-refractivity contribution in [2.24, 2.45) is 5.73 Å². The third kappa shape index (κ3) is 4.27. The van der Waals surface area contributed by atoms with Crippen molar-refractivity contribution >= 4 is 5.91 Å². The highest BCUT2D eigenvalue weighted by Gasteiger charge is 2.30. The van der Waals surface area contributed by atoms with Crippen molar-refractivity contribution in [2.75, 3.05) is 33.4 Å². The summed E-state index contributed by atoms with van der Waals surface area (Å²) in [5.41, 5.74) is 7.16. The molecule has 5 heteroatoms. The van der Waals surface area contributed by atoms with E-state index < -0.39 is 6.04 Å². The van der Waals surface area contributed by atoms with Crippen LogP contribution in [0.1, 0.15) is 12.5 Å². The molecule has 0 radical (unpaired) electrons. The molecule has 1 fully saturated rings. The molecule has 1 aliphatic rings. The predicted octanol–water partition coefficient (Wildman–Crippen LogP) is 0.693. The first-order chi connectivity index (χ1) is 10.1. The molecule has 2 rings (SSSR count). The van der Waals surface area contributed by atoms with Gasteiger partial charge < -0.3 is 15.4 Å². The molecule has 0 bridgehead atoms. The van der Waals surface area contributed by atoms with E-state index >= 15 is 0 Å². The summed E-state index contributed by atoms with van der Waals surface area (Å²) >= 11 is 0. The number of benzene rings is 1. The molecule has 0 saturated carbocycles. The van der Waals surface area contributed by atoms with E-state index in [-0.39, 0.29) is 18.6 Å². The second-order valence-electron chi connectivity index (χ2n) is 5.66. The first-order valence-electron chi connectivity index (χ1n) is 7.43. The van der Waals surface area contributed by atoms with Gasteiger partial charge in [-0.05, 0) is 12.5 Å². The van der Waals surface area contributed by atoms with E-state index in [1.54, 1.807) is 7.11 Å². The smallest absolute Gasteiger partial charge is 0.242 e.